The van der Waals surface area contributed by atoms with Crippen molar-refractivity contribution in [2.24, 2.45) is 0 Å². The van der Waals surface area contributed by atoms with Gasteiger partial charge in [0.25, 0.3) is 0 Å². The molecule has 0 bridgehead atoms. The summed E-state index contributed by atoms with van der Waals surface area (Å²) in [5.41, 5.74) is 1.40. The van der Waals surface area contributed by atoms with Crippen molar-refractivity contribution in [3.63, 3.8) is 0 Å². The average molecular weight is 493 g/mol. The Bertz CT molecular complexity index is 1170. The highest BCUT2D eigenvalue weighted by Gasteiger charge is 2.34. The van der Waals surface area contributed by atoms with Crippen LogP contribution in [0.2, 0.25) is 0 Å². The van der Waals surface area contributed by atoms with Gasteiger partial charge in [-0.1, -0.05) is 49.6 Å². The van der Waals surface area contributed by atoms with Gasteiger partial charge in [0.05, 0.1) is 6.42 Å². The third-order valence-corrected chi connectivity index (χ3v) is 7.23. The molecule has 1 aliphatic rings. The zero-order chi connectivity index (χ0) is 24.8. The summed E-state index contributed by atoms with van der Waals surface area (Å²) in [6, 6.07) is 15.2. The number of halogens is 1. The van der Waals surface area contributed by atoms with E-state index in [1.54, 1.807) is 36.4 Å². The molecule has 1 atom stereocenters. The van der Waals surface area contributed by atoms with Crippen LogP contribution < -0.4 is 10.2 Å². The van der Waals surface area contributed by atoms with E-state index < -0.39 is 11.9 Å². The van der Waals surface area contributed by atoms with E-state index in [4.69, 9.17) is 0 Å². The number of hydrogen-bond donors (Lipinski definition) is 1. The number of nitrogens with one attached hydrogen (secondary N) is 1. The van der Waals surface area contributed by atoms with Gasteiger partial charge in [-0.05, 0) is 61.0 Å². The first-order chi connectivity index (χ1) is 16.9. The molecule has 0 aliphatic heterocycles. The Kier molecular flexibility index (Phi) is 8.08. The number of thiophene rings is 1. The van der Waals surface area contributed by atoms with E-state index in [9.17, 15) is 18.8 Å². The first-order valence-corrected chi connectivity index (χ1v) is 12.8. The summed E-state index contributed by atoms with van der Waals surface area (Å²) in [7, 11) is 0. The average Bonchev–Trinajstić information content (AvgIpc) is 3.36. The van der Waals surface area contributed by atoms with Crippen LogP contribution in [-0.4, -0.2) is 23.6 Å². The Balaban J connectivity index is 1.78. The summed E-state index contributed by atoms with van der Waals surface area (Å²) in [6.45, 7) is 1.46. The Morgan fingerprint density at radius 2 is 1.77 bits per heavy atom. The first-order valence-electron chi connectivity index (χ1n) is 11.9. The Morgan fingerprint density at radius 3 is 2.43 bits per heavy atom. The Morgan fingerprint density at radius 1 is 1.03 bits per heavy atom. The summed E-state index contributed by atoms with van der Waals surface area (Å²) in [5, 5.41) is 5.04. The Hall–Kier alpha value is -3.32. The number of anilines is 1. The molecule has 1 aromatic heterocycles. The minimum atomic E-state index is -1.01. The molecule has 0 saturated heterocycles. The fourth-order valence-corrected chi connectivity index (χ4v) is 5.24. The largest absolute Gasteiger partial charge is 0.351 e. The van der Waals surface area contributed by atoms with Gasteiger partial charge >= 0.3 is 0 Å². The van der Waals surface area contributed by atoms with Crippen LogP contribution in [0.15, 0.2) is 66.0 Å². The Labute approximate surface area is 209 Å². The molecule has 1 N–H and O–H groups in total. The van der Waals surface area contributed by atoms with Gasteiger partial charge in [0.2, 0.25) is 11.8 Å². The van der Waals surface area contributed by atoms with Crippen LogP contribution in [0.3, 0.4) is 0 Å². The molecular formula is C28H29FN2O3S. The van der Waals surface area contributed by atoms with Crippen molar-refractivity contribution in [2.75, 3.05) is 4.90 Å². The van der Waals surface area contributed by atoms with E-state index >= 15 is 0 Å². The molecule has 1 saturated carbocycles. The van der Waals surface area contributed by atoms with Crippen LogP contribution in [0.5, 0.6) is 0 Å². The summed E-state index contributed by atoms with van der Waals surface area (Å²) >= 11 is 1.47. The highest BCUT2D eigenvalue weighted by molar-refractivity contribution is 7.10. The summed E-state index contributed by atoms with van der Waals surface area (Å²) < 4.78 is 13.8. The molecule has 1 fully saturated rings. The van der Waals surface area contributed by atoms with Crippen LogP contribution in [0.4, 0.5) is 10.1 Å². The van der Waals surface area contributed by atoms with Gasteiger partial charge in [-0.25, -0.2) is 4.39 Å². The second-order valence-electron chi connectivity index (χ2n) is 8.92. The number of carbonyl (C=O) groups is 3. The number of amides is 2. The van der Waals surface area contributed by atoms with Crippen molar-refractivity contribution >= 4 is 34.6 Å². The summed E-state index contributed by atoms with van der Waals surface area (Å²) in [5.74, 6) is -1.14. The van der Waals surface area contributed by atoms with E-state index in [0.717, 1.165) is 37.0 Å². The van der Waals surface area contributed by atoms with Gasteiger partial charge in [-0.3, -0.25) is 19.3 Å². The minimum Gasteiger partial charge on any atom is -0.351 e. The van der Waals surface area contributed by atoms with Crippen molar-refractivity contribution < 1.29 is 18.8 Å². The monoisotopic (exact) mass is 492 g/mol. The van der Waals surface area contributed by atoms with Crippen molar-refractivity contribution in [1.82, 2.24) is 5.32 Å². The maximum atomic E-state index is 13.8. The quantitative estimate of drug-likeness (QED) is 0.401. The normalized spacial score (nSPS) is 14.8. The topological polar surface area (TPSA) is 66.5 Å². The van der Waals surface area contributed by atoms with Crippen molar-refractivity contribution in [1.29, 1.82) is 0 Å². The number of benzene rings is 2. The molecular weight excluding hydrogens is 463 g/mol. The molecule has 1 heterocycles. The number of ketones is 1. The lowest BCUT2D eigenvalue weighted by molar-refractivity contribution is -0.127. The van der Waals surface area contributed by atoms with Crippen LogP contribution in [-0.2, 0) is 16.0 Å². The molecule has 182 valence electrons. The zero-order valence-corrected chi connectivity index (χ0v) is 20.5. The van der Waals surface area contributed by atoms with Gasteiger partial charge < -0.3 is 5.32 Å². The second kappa shape index (κ2) is 11.4. The standard InChI is InChI=1S/C28H29FN2O3S/c1-19(32)21-7-5-10-24(17-21)31(26(33)18-25-11-6-16-35-25)27(20-12-14-22(29)15-13-20)28(34)30-23-8-3-2-4-9-23/h5-7,10-17,23,27H,2-4,8-9,18H2,1H3,(H,30,34)/t27-/m1/s1. The number of Topliss-reactive ketones (excluding diaryl/α,β-unsaturated/α-hetero) is 1. The minimum absolute atomic E-state index is 0.0389. The lowest BCUT2D eigenvalue weighted by atomic mass is 9.94. The first kappa shape index (κ1) is 24.8. The zero-order valence-electron chi connectivity index (χ0n) is 19.7. The number of hydrogen-bond acceptors (Lipinski definition) is 4. The SMILES string of the molecule is CC(=O)c1cccc(N(C(=O)Cc2cccs2)[C@@H](C(=O)NC2CCCCC2)c2ccc(F)cc2)c1. The molecule has 2 aromatic carbocycles. The van der Waals surface area contributed by atoms with Crippen LogP contribution in [0.25, 0.3) is 0 Å². The van der Waals surface area contributed by atoms with Crippen LogP contribution in [0, 0.1) is 5.82 Å². The predicted octanol–water partition coefficient (Wildman–Crippen LogP) is 5.86. The molecule has 3 aromatic rings. The van der Waals surface area contributed by atoms with Gasteiger partial charge in [-0.2, -0.15) is 0 Å². The fourth-order valence-electron chi connectivity index (χ4n) is 4.55. The van der Waals surface area contributed by atoms with Crippen molar-refractivity contribution in [2.45, 2.75) is 57.5 Å². The van der Waals surface area contributed by atoms with E-state index in [-0.39, 0.29) is 30.1 Å². The summed E-state index contributed by atoms with van der Waals surface area (Å²) in [4.78, 5) is 42.0. The molecule has 2 amide bonds. The van der Waals surface area contributed by atoms with Crippen molar-refractivity contribution in [3.8, 4) is 0 Å². The lowest BCUT2D eigenvalue weighted by Crippen LogP contribution is -2.47. The van der Waals surface area contributed by atoms with E-state index in [1.807, 2.05) is 17.5 Å². The van der Waals surface area contributed by atoms with E-state index in [1.165, 1.54) is 35.3 Å². The van der Waals surface area contributed by atoms with Crippen LogP contribution in [0.1, 0.15) is 65.9 Å². The van der Waals surface area contributed by atoms with E-state index in [2.05, 4.69) is 5.32 Å². The maximum absolute atomic E-state index is 13.8. The molecule has 1 aliphatic carbocycles. The van der Waals surface area contributed by atoms with Gasteiger partial charge in [-0.15, -0.1) is 11.3 Å². The van der Waals surface area contributed by atoms with Gasteiger partial charge in [0.1, 0.15) is 11.9 Å². The molecule has 0 unspecified atom stereocenters. The highest BCUT2D eigenvalue weighted by atomic mass is 32.1. The van der Waals surface area contributed by atoms with Crippen molar-refractivity contribution in [3.05, 3.63) is 87.9 Å². The molecule has 7 heteroatoms. The highest BCUT2D eigenvalue weighted by Crippen LogP contribution is 2.31. The lowest BCUT2D eigenvalue weighted by Gasteiger charge is -2.33. The predicted molar refractivity (Wildman–Crippen MR) is 136 cm³/mol. The fraction of sp³-hybridized carbons (Fsp3) is 0.321. The number of nitrogens with zero attached hydrogens (tertiary/aromatic N) is 1. The molecule has 4 rings (SSSR count). The van der Waals surface area contributed by atoms with Gasteiger partial charge in [0.15, 0.2) is 5.78 Å². The van der Waals surface area contributed by atoms with Gasteiger partial charge in [0, 0.05) is 22.2 Å². The molecule has 0 spiro atoms. The smallest absolute Gasteiger partial charge is 0.248 e. The number of carbonyl (C=O) groups excluding carboxylic acids is 3. The third kappa shape index (κ3) is 6.22. The van der Waals surface area contributed by atoms with Crippen LogP contribution >= 0.6 is 11.3 Å². The number of rotatable bonds is 8. The molecule has 5 nitrogen and oxygen atoms in total. The summed E-state index contributed by atoms with van der Waals surface area (Å²) in [6.07, 6.45) is 5.14. The second-order valence-corrected chi connectivity index (χ2v) is 9.96. The molecule has 35 heavy (non-hydrogen) atoms. The van der Waals surface area contributed by atoms with E-state index in [0.29, 0.717) is 16.8 Å². The third-order valence-electron chi connectivity index (χ3n) is 6.35. The maximum Gasteiger partial charge on any atom is 0.248 e. The molecule has 0 radical (unpaired) electrons.